The molecule has 6 fully saturated rings. The molecule has 2 aliphatic carbocycles. The Balaban J connectivity index is 0.752. The standard InChI is InChI=1S/C51H58N8O9S/c1-31-27-66-47(26-58(31)36-28-65-29-36)42-30-67-46-22-38(21-44(59(61)62)48(46)54-42)69(63,64)55-50(60)41-11-10-34(20-45(41)68-37-19-33-12-15-52-49(33)53-25-37)56-17-13-51(14-18-56)23-35(24-51)57-16-4-7-43(57)40-6-3-2-5-39(40)32-8-9-32/h2-3,5-6,10-12,15,19-22,25,31-32,35-36,42-43,47,54H,4,7-9,13-14,16-18,23-24,26-30H2,1H3,(H,52,53)(H,55,60)/t31-,42+,43+,47-/m1/s1. The molecule has 69 heavy (non-hydrogen) atoms. The Bertz CT molecular complexity index is 2900. The molecular weight excluding hydrogens is 901 g/mol. The van der Waals surface area contributed by atoms with E-state index in [-0.39, 0.29) is 47.5 Å². The second-order valence-corrected chi connectivity index (χ2v) is 22.1. The van der Waals surface area contributed by atoms with Crippen molar-refractivity contribution in [3.8, 4) is 17.2 Å². The number of aromatic nitrogens is 2. The van der Waals surface area contributed by atoms with Crippen LogP contribution in [0.5, 0.6) is 17.2 Å². The average molecular weight is 959 g/mol. The van der Waals surface area contributed by atoms with E-state index in [9.17, 15) is 23.3 Å². The first-order valence-corrected chi connectivity index (χ1v) is 26.0. The number of piperidine rings is 1. The fourth-order valence-corrected chi connectivity index (χ4v) is 13.0. The summed E-state index contributed by atoms with van der Waals surface area (Å²) in [5.41, 5.74) is 4.46. The molecule has 3 N–H and O–H groups in total. The highest BCUT2D eigenvalue weighted by atomic mass is 32.2. The third kappa shape index (κ3) is 8.47. The molecule has 362 valence electrons. The van der Waals surface area contributed by atoms with Gasteiger partial charge in [0.05, 0.1) is 59.6 Å². The third-order valence-corrected chi connectivity index (χ3v) is 17.4. The first kappa shape index (κ1) is 44.4. The van der Waals surface area contributed by atoms with E-state index >= 15 is 0 Å². The van der Waals surface area contributed by atoms with Crippen molar-refractivity contribution in [2.24, 2.45) is 5.41 Å². The fraction of sp³-hybridized carbons (Fsp3) is 0.490. The van der Waals surface area contributed by atoms with E-state index in [1.165, 1.54) is 51.1 Å². The van der Waals surface area contributed by atoms with Crippen molar-refractivity contribution < 1.29 is 37.1 Å². The minimum atomic E-state index is -4.68. The summed E-state index contributed by atoms with van der Waals surface area (Å²) in [4.78, 5) is 40.5. The molecule has 17 nitrogen and oxygen atoms in total. The quantitative estimate of drug-likeness (QED) is 0.0822. The Morgan fingerprint density at radius 1 is 0.942 bits per heavy atom. The maximum Gasteiger partial charge on any atom is 0.297 e. The van der Waals surface area contributed by atoms with Crippen LogP contribution in [0.1, 0.15) is 91.7 Å². The van der Waals surface area contributed by atoms with Gasteiger partial charge in [0, 0.05) is 73.2 Å². The van der Waals surface area contributed by atoms with E-state index in [1.54, 1.807) is 41.7 Å². The van der Waals surface area contributed by atoms with Crippen molar-refractivity contribution >= 4 is 44.0 Å². The molecule has 1 amide bonds. The van der Waals surface area contributed by atoms with Gasteiger partial charge < -0.3 is 34.1 Å². The number of ether oxygens (including phenoxy) is 4. The van der Waals surface area contributed by atoms with E-state index < -0.39 is 37.5 Å². The SMILES string of the molecule is C[C@@H]1CO[C@@H]([C@@H]2COc3cc(S(=O)(=O)NC(=O)c4ccc(N5CCC6(CC5)CC(N5CCC[C@H]5c5ccccc5C5CC5)C6)cc4Oc4cnc5[nH]ccc5c4)cc([N+](=O)[O-])c3N2)CN1C1COC1. The molecule has 1 spiro atoms. The molecule has 3 aromatic carbocycles. The minimum Gasteiger partial charge on any atom is -0.489 e. The van der Waals surface area contributed by atoms with Gasteiger partial charge >= 0.3 is 0 Å². The van der Waals surface area contributed by atoms with Crippen LogP contribution in [0.15, 0.2) is 84.0 Å². The summed E-state index contributed by atoms with van der Waals surface area (Å²) in [7, 11) is -4.68. The molecule has 0 unspecified atom stereocenters. The number of morpholine rings is 1. The summed E-state index contributed by atoms with van der Waals surface area (Å²) >= 11 is 0. The van der Waals surface area contributed by atoms with Crippen LogP contribution in [0.4, 0.5) is 17.1 Å². The lowest BCUT2D eigenvalue weighted by molar-refractivity contribution is -0.384. The number of benzene rings is 3. The number of amides is 1. The van der Waals surface area contributed by atoms with Gasteiger partial charge in [0.25, 0.3) is 21.6 Å². The zero-order valence-electron chi connectivity index (χ0n) is 38.7. The number of nitro benzene ring substituents is 1. The molecule has 7 aliphatic rings. The van der Waals surface area contributed by atoms with E-state index in [2.05, 4.69) is 65.9 Å². The Morgan fingerprint density at radius 2 is 1.75 bits per heavy atom. The Morgan fingerprint density at radius 3 is 2.52 bits per heavy atom. The van der Waals surface area contributed by atoms with E-state index in [0.29, 0.717) is 55.3 Å². The van der Waals surface area contributed by atoms with Crippen molar-refractivity contribution in [3.63, 3.8) is 0 Å². The van der Waals surface area contributed by atoms with Crippen molar-refractivity contribution in [2.75, 3.05) is 62.8 Å². The predicted octanol–water partition coefficient (Wildman–Crippen LogP) is 7.51. The van der Waals surface area contributed by atoms with Gasteiger partial charge in [-0.25, -0.2) is 18.1 Å². The summed E-state index contributed by atoms with van der Waals surface area (Å²) in [6.45, 7) is 7.37. The van der Waals surface area contributed by atoms with Gasteiger partial charge in [-0.3, -0.25) is 24.7 Å². The lowest BCUT2D eigenvalue weighted by Gasteiger charge is -2.56. The van der Waals surface area contributed by atoms with E-state index in [0.717, 1.165) is 49.0 Å². The van der Waals surface area contributed by atoms with Crippen LogP contribution in [-0.2, 0) is 19.5 Å². The summed E-state index contributed by atoms with van der Waals surface area (Å²) in [6.07, 6.45) is 12.6. The topological polar surface area (TPSA) is 194 Å². The number of H-pyrrole nitrogens is 1. The van der Waals surface area contributed by atoms with Crippen LogP contribution in [-0.4, -0.2) is 122 Å². The minimum absolute atomic E-state index is 0.0154. The van der Waals surface area contributed by atoms with Crippen LogP contribution in [0.25, 0.3) is 11.0 Å². The molecule has 4 atom stereocenters. The van der Waals surface area contributed by atoms with Gasteiger partial charge in [-0.1, -0.05) is 24.3 Å². The van der Waals surface area contributed by atoms with Crippen LogP contribution in [0.3, 0.4) is 0 Å². The number of rotatable bonds is 12. The number of fused-ring (bicyclic) bond motifs is 2. The largest absolute Gasteiger partial charge is 0.489 e. The Hall–Kier alpha value is -5.79. The zero-order valence-corrected chi connectivity index (χ0v) is 39.5. The number of aromatic amines is 1. The monoisotopic (exact) mass is 958 g/mol. The Kier molecular flexibility index (Phi) is 11.3. The van der Waals surface area contributed by atoms with Gasteiger partial charge in [0.1, 0.15) is 23.8 Å². The van der Waals surface area contributed by atoms with E-state index in [4.69, 9.17) is 18.9 Å². The molecule has 4 saturated heterocycles. The highest BCUT2D eigenvalue weighted by Crippen LogP contribution is 2.55. The van der Waals surface area contributed by atoms with E-state index in [1.807, 2.05) is 12.1 Å². The van der Waals surface area contributed by atoms with Crippen LogP contribution in [0.2, 0.25) is 0 Å². The lowest BCUT2D eigenvalue weighted by Crippen LogP contribution is -2.62. The molecule has 12 rings (SSSR count). The molecule has 2 aromatic heterocycles. The number of nitrogens with zero attached hydrogens (tertiary/aromatic N) is 5. The molecule has 5 aliphatic heterocycles. The maximum absolute atomic E-state index is 14.2. The summed E-state index contributed by atoms with van der Waals surface area (Å²) in [5.74, 6) is 0.266. The summed E-state index contributed by atoms with van der Waals surface area (Å²) in [5, 5.41) is 16.5. The van der Waals surface area contributed by atoms with Gasteiger partial charge in [-0.15, -0.1) is 0 Å². The predicted molar refractivity (Wildman–Crippen MR) is 258 cm³/mol. The number of hydrogen-bond acceptors (Lipinski definition) is 14. The number of sulfonamides is 1. The lowest BCUT2D eigenvalue weighted by atomic mass is 9.59. The van der Waals surface area contributed by atoms with Crippen LogP contribution in [0, 0.1) is 15.5 Å². The maximum atomic E-state index is 14.2. The van der Waals surface area contributed by atoms with Crippen LogP contribution >= 0.6 is 0 Å². The second kappa shape index (κ2) is 17.6. The first-order chi connectivity index (χ1) is 33.5. The highest BCUT2D eigenvalue weighted by molar-refractivity contribution is 7.90. The average Bonchev–Trinajstić information content (AvgIpc) is 3.87. The molecular formula is C51H58N8O9S. The smallest absolute Gasteiger partial charge is 0.297 e. The van der Waals surface area contributed by atoms with Gasteiger partial charge in [-0.2, -0.15) is 0 Å². The second-order valence-electron chi connectivity index (χ2n) is 20.4. The summed E-state index contributed by atoms with van der Waals surface area (Å²) < 4.78 is 54.3. The summed E-state index contributed by atoms with van der Waals surface area (Å²) in [6, 6.07) is 21.3. The van der Waals surface area contributed by atoms with Gasteiger partial charge in [0.2, 0.25) is 0 Å². The zero-order chi connectivity index (χ0) is 47.0. The molecule has 0 radical (unpaired) electrons. The fourth-order valence-electron chi connectivity index (χ4n) is 12.0. The van der Waals surface area contributed by atoms with Crippen molar-refractivity contribution in [3.05, 3.63) is 106 Å². The number of pyridine rings is 1. The van der Waals surface area contributed by atoms with Crippen molar-refractivity contribution in [1.82, 2.24) is 24.5 Å². The van der Waals surface area contributed by atoms with Crippen molar-refractivity contribution in [2.45, 2.75) is 105 Å². The third-order valence-electron chi connectivity index (χ3n) is 16.1. The molecule has 2 saturated carbocycles. The van der Waals surface area contributed by atoms with Gasteiger partial charge in [0.15, 0.2) is 11.4 Å². The number of carbonyl (C=O) groups excluding carboxylic acids is 1. The number of carbonyl (C=O) groups is 1. The van der Waals surface area contributed by atoms with Crippen molar-refractivity contribution in [1.29, 1.82) is 0 Å². The first-order valence-electron chi connectivity index (χ1n) is 24.6. The molecule has 18 heteroatoms. The number of nitrogens with one attached hydrogen (secondary N) is 3. The normalized spacial score (nSPS) is 25.3. The number of likely N-dealkylation sites (tertiary alicyclic amines) is 1. The number of hydrogen-bond donors (Lipinski definition) is 3. The van der Waals surface area contributed by atoms with Crippen LogP contribution < -0.4 is 24.4 Å². The number of anilines is 2. The molecule has 7 heterocycles. The highest BCUT2D eigenvalue weighted by Gasteiger charge is 2.50. The Labute approximate surface area is 401 Å². The molecule has 0 bridgehead atoms. The molecule has 5 aromatic rings. The number of nitro groups is 1. The van der Waals surface area contributed by atoms with Gasteiger partial charge in [-0.05, 0) is 112 Å².